The Morgan fingerprint density at radius 3 is 2.92 bits per heavy atom. The molecular weight excluding hydrogens is 338 g/mol. The highest BCUT2D eigenvalue weighted by Gasteiger charge is 2.10. The maximum absolute atomic E-state index is 12.3. The van der Waals surface area contributed by atoms with E-state index in [4.69, 9.17) is 4.74 Å². The first kappa shape index (κ1) is 15.4. The molecule has 0 radical (unpaired) electrons. The van der Waals surface area contributed by atoms with Gasteiger partial charge in [-0.2, -0.15) is 0 Å². The maximum Gasteiger partial charge on any atom is 0.271 e. The molecule has 3 heterocycles. The van der Waals surface area contributed by atoms with Crippen molar-refractivity contribution in [1.82, 2.24) is 24.4 Å². The number of fused-ring (bicyclic) bond motifs is 1. The molecule has 0 bridgehead atoms. The van der Waals surface area contributed by atoms with Gasteiger partial charge in [-0.3, -0.25) is 15.0 Å². The third-order valence-electron chi connectivity index (χ3n) is 4.12. The number of ether oxygens (including phenoxy) is 1. The number of aryl methyl sites for hydroxylation is 1. The lowest BCUT2D eigenvalue weighted by Gasteiger charge is -2.02. The molecule has 2 N–H and O–H groups in total. The Hall–Kier alpha value is -3.13. The first-order chi connectivity index (χ1) is 12.1. The van der Waals surface area contributed by atoms with Crippen LogP contribution in [0.15, 0.2) is 29.2 Å². The largest absolute Gasteiger partial charge is 0.496 e. The summed E-state index contributed by atoms with van der Waals surface area (Å²) in [5.74, 6) is 0.759. The van der Waals surface area contributed by atoms with Crippen molar-refractivity contribution in [1.29, 1.82) is 0 Å². The molecule has 0 saturated heterocycles. The molecule has 4 aromatic rings. The van der Waals surface area contributed by atoms with E-state index >= 15 is 0 Å². The van der Waals surface area contributed by atoms with Crippen molar-refractivity contribution >= 4 is 35.1 Å². The first-order valence-electron chi connectivity index (χ1n) is 7.52. The fraction of sp³-hybridized carbons (Fsp3) is 0.118. The fourth-order valence-corrected chi connectivity index (χ4v) is 3.58. The Kier molecular flexibility index (Phi) is 3.54. The molecule has 0 unspecified atom stereocenters. The monoisotopic (exact) mass is 353 g/mol. The van der Waals surface area contributed by atoms with E-state index in [0.29, 0.717) is 15.9 Å². The number of hydrogen-bond donors (Lipinski definition) is 2. The molecule has 0 saturated carbocycles. The van der Waals surface area contributed by atoms with E-state index in [-0.39, 0.29) is 5.56 Å². The zero-order chi connectivity index (χ0) is 17.6. The minimum atomic E-state index is -0.213. The van der Waals surface area contributed by atoms with Crippen LogP contribution in [0.5, 0.6) is 5.75 Å². The standard InChI is InChI=1S/C17H15N5O2S/c1-9-16(25-21-18-9)15-11(17(23)20-19-15)7-10-8-22(2)12-5-4-6-13(24-3)14(10)12/h4-8,19H,1H2,2-3H3,(H,20,23)/b11-7-,16-15-. The van der Waals surface area contributed by atoms with Crippen LogP contribution in [0.4, 0.5) is 0 Å². The van der Waals surface area contributed by atoms with Crippen molar-refractivity contribution in [3.05, 3.63) is 60.8 Å². The lowest BCUT2D eigenvalue weighted by Crippen LogP contribution is -2.22. The van der Waals surface area contributed by atoms with Gasteiger partial charge in [0.1, 0.15) is 15.6 Å². The smallest absolute Gasteiger partial charge is 0.271 e. The molecule has 1 aromatic carbocycles. The number of nitrogens with one attached hydrogen (secondary N) is 2. The molecule has 3 aromatic heterocycles. The van der Waals surface area contributed by atoms with E-state index in [1.54, 1.807) is 7.11 Å². The van der Waals surface area contributed by atoms with E-state index in [2.05, 4.69) is 26.4 Å². The van der Waals surface area contributed by atoms with Crippen LogP contribution in [0.1, 0.15) is 5.56 Å². The summed E-state index contributed by atoms with van der Waals surface area (Å²) in [7, 11) is 3.60. The number of rotatable bonds is 2. The maximum atomic E-state index is 12.3. The van der Waals surface area contributed by atoms with Crippen molar-refractivity contribution in [3.8, 4) is 5.75 Å². The van der Waals surface area contributed by atoms with Crippen LogP contribution in [0.2, 0.25) is 0 Å². The van der Waals surface area contributed by atoms with Crippen LogP contribution in [0, 0.1) is 9.88 Å². The minimum absolute atomic E-state index is 0.213. The van der Waals surface area contributed by atoms with Gasteiger partial charge >= 0.3 is 0 Å². The van der Waals surface area contributed by atoms with E-state index < -0.39 is 0 Å². The van der Waals surface area contributed by atoms with Crippen LogP contribution in [0.3, 0.4) is 0 Å². The molecule has 0 aliphatic rings. The average molecular weight is 353 g/mol. The van der Waals surface area contributed by atoms with E-state index in [9.17, 15) is 4.79 Å². The quantitative estimate of drug-likeness (QED) is 0.552. The fourth-order valence-electron chi connectivity index (χ4n) is 2.96. The Morgan fingerprint density at radius 2 is 2.20 bits per heavy atom. The van der Waals surface area contributed by atoms with Crippen LogP contribution < -0.4 is 20.9 Å². The average Bonchev–Trinajstić information content (AvgIpc) is 3.27. The van der Waals surface area contributed by atoms with Gasteiger partial charge in [-0.1, -0.05) is 17.1 Å². The number of nitrogens with zero attached hydrogens (tertiary/aromatic N) is 3. The van der Waals surface area contributed by atoms with E-state index in [0.717, 1.165) is 26.7 Å². The van der Waals surface area contributed by atoms with Gasteiger partial charge in [0.15, 0.2) is 0 Å². The van der Waals surface area contributed by atoms with Gasteiger partial charge in [0.2, 0.25) is 0 Å². The van der Waals surface area contributed by atoms with Crippen molar-refractivity contribution in [3.63, 3.8) is 0 Å². The third kappa shape index (κ3) is 2.38. The molecule has 25 heavy (non-hydrogen) atoms. The summed E-state index contributed by atoms with van der Waals surface area (Å²) in [5, 5.41) is 12.1. The number of benzene rings is 1. The van der Waals surface area contributed by atoms with Gasteiger partial charge in [0, 0.05) is 24.2 Å². The summed E-state index contributed by atoms with van der Waals surface area (Å²) < 4.78 is 12.1. The Bertz CT molecular complexity index is 1340. The molecule has 0 aliphatic heterocycles. The molecule has 0 spiro atoms. The second-order valence-corrected chi connectivity index (χ2v) is 6.36. The zero-order valence-corrected chi connectivity index (χ0v) is 14.5. The number of aromatic nitrogens is 5. The Labute approximate surface area is 145 Å². The molecular formula is C17H15N5O2S. The van der Waals surface area contributed by atoms with Gasteiger partial charge in [0.05, 0.1) is 23.2 Å². The van der Waals surface area contributed by atoms with Crippen molar-refractivity contribution in [2.24, 2.45) is 7.05 Å². The van der Waals surface area contributed by atoms with Gasteiger partial charge < -0.3 is 9.30 Å². The number of H-pyrrole nitrogens is 2. The lowest BCUT2D eigenvalue weighted by atomic mass is 10.1. The van der Waals surface area contributed by atoms with Crippen LogP contribution in [-0.4, -0.2) is 31.5 Å². The molecule has 4 rings (SSSR count). The molecule has 0 amide bonds. The molecule has 0 atom stereocenters. The van der Waals surface area contributed by atoms with Gasteiger partial charge in [-0.25, -0.2) is 0 Å². The third-order valence-corrected chi connectivity index (χ3v) is 4.91. The highest BCUT2D eigenvalue weighted by Crippen LogP contribution is 2.30. The van der Waals surface area contributed by atoms with Crippen molar-refractivity contribution < 1.29 is 4.74 Å². The number of methoxy groups -OCH3 is 1. The zero-order valence-electron chi connectivity index (χ0n) is 13.7. The Morgan fingerprint density at radius 1 is 1.36 bits per heavy atom. The SMILES string of the molecule is C=c1nns/c1=c1\[nH][nH]c(=O)\c1=C/c1cn(C)c2cccc(OC)c12. The second kappa shape index (κ2) is 5.75. The lowest BCUT2D eigenvalue weighted by molar-refractivity contribution is 0.420. The van der Waals surface area contributed by atoms with E-state index in [1.165, 1.54) is 11.5 Å². The van der Waals surface area contributed by atoms with Crippen molar-refractivity contribution in [2.45, 2.75) is 0 Å². The van der Waals surface area contributed by atoms with Gasteiger partial charge in [-0.05, 0) is 29.7 Å². The van der Waals surface area contributed by atoms with Gasteiger partial charge in [-0.15, -0.1) is 5.10 Å². The van der Waals surface area contributed by atoms with Gasteiger partial charge in [0.25, 0.3) is 5.56 Å². The second-order valence-electron chi connectivity index (χ2n) is 5.61. The molecule has 7 nitrogen and oxygen atoms in total. The normalized spacial score (nSPS) is 13.6. The van der Waals surface area contributed by atoms with Crippen molar-refractivity contribution in [2.75, 3.05) is 7.11 Å². The highest BCUT2D eigenvalue weighted by atomic mass is 32.1. The molecule has 0 aliphatic carbocycles. The summed E-state index contributed by atoms with van der Waals surface area (Å²) in [6.45, 7) is 3.86. The predicted octanol–water partition coefficient (Wildman–Crippen LogP) is 0.581. The minimum Gasteiger partial charge on any atom is -0.496 e. The first-order valence-corrected chi connectivity index (χ1v) is 8.29. The summed E-state index contributed by atoms with van der Waals surface area (Å²) in [4.78, 5) is 12.3. The van der Waals surface area contributed by atoms with E-state index in [1.807, 2.05) is 42.1 Å². The molecule has 8 heteroatoms. The van der Waals surface area contributed by atoms with Crippen LogP contribution in [0.25, 0.3) is 23.6 Å². The van der Waals surface area contributed by atoms with Crippen LogP contribution in [-0.2, 0) is 7.05 Å². The summed E-state index contributed by atoms with van der Waals surface area (Å²) >= 11 is 1.19. The Balaban J connectivity index is 2.17. The molecule has 126 valence electrons. The summed E-state index contributed by atoms with van der Waals surface area (Å²) in [6, 6.07) is 5.86. The highest BCUT2D eigenvalue weighted by molar-refractivity contribution is 7.03. The summed E-state index contributed by atoms with van der Waals surface area (Å²) in [6.07, 6.45) is 3.81. The number of aromatic amines is 2. The topological polar surface area (TPSA) is 88.6 Å². The predicted molar refractivity (Wildman–Crippen MR) is 96.8 cm³/mol. The number of hydrogen-bond acceptors (Lipinski definition) is 5. The molecule has 0 fully saturated rings. The summed E-state index contributed by atoms with van der Waals surface area (Å²) in [5.41, 5.74) is 1.70. The van der Waals surface area contributed by atoms with Crippen LogP contribution >= 0.6 is 11.5 Å².